The van der Waals surface area contributed by atoms with E-state index >= 15 is 0 Å². The van der Waals surface area contributed by atoms with Gasteiger partial charge in [0.2, 0.25) is 11.8 Å². The van der Waals surface area contributed by atoms with Crippen LogP contribution in [0.5, 0.6) is 5.75 Å². The number of nitrogens with two attached hydrogens (primary N) is 1. The van der Waals surface area contributed by atoms with Crippen molar-refractivity contribution in [3.63, 3.8) is 0 Å². The van der Waals surface area contributed by atoms with Crippen LogP contribution >= 0.6 is 11.3 Å². The molecule has 1 saturated heterocycles. The number of carbonyl (C=O) groups is 3. The lowest BCUT2D eigenvalue weighted by Gasteiger charge is -2.22. The first-order chi connectivity index (χ1) is 23.4. The van der Waals surface area contributed by atoms with Crippen LogP contribution in [0.1, 0.15) is 84.0 Å². The summed E-state index contributed by atoms with van der Waals surface area (Å²) < 4.78 is 4.37. The van der Waals surface area contributed by atoms with Gasteiger partial charge in [-0.3, -0.25) is 19.4 Å². The van der Waals surface area contributed by atoms with E-state index in [4.69, 9.17) is 10.6 Å². The molecule has 5 N–H and O–H groups in total. The predicted molar refractivity (Wildman–Crippen MR) is 193 cm³/mol. The van der Waals surface area contributed by atoms with Crippen molar-refractivity contribution in [3.05, 3.63) is 82.6 Å². The number of primary amides is 1. The number of aromatic amines is 1. The van der Waals surface area contributed by atoms with Crippen LogP contribution in [-0.2, 0) is 19.8 Å². The molecule has 1 aromatic carbocycles. The summed E-state index contributed by atoms with van der Waals surface area (Å²) >= 11 is 1.48. The Labute approximate surface area is 292 Å². The fourth-order valence-corrected chi connectivity index (χ4v) is 5.83. The van der Waals surface area contributed by atoms with Crippen molar-refractivity contribution < 1.29 is 23.6 Å². The van der Waals surface area contributed by atoms with Gasteiger partial charge in [0.05, 0.1) is 17.9 Å². The van der Waals surface area contributed by atoms with Gasteiger partial charge in [0.25, 0.3) is 5.91 Å². The standard InChI is InChI=1S/C17H23NO2.C14H22N4O2S.C5H5NO2/c1-2-3-4-5-7-10-14-13-16(14)17(19)18-20-15-11-8-6-9-12-15;1-14(2,3)10-8-21-13(17-10)16-7-11(19)18-6-4-5-9(18)12(15)20;1-2-4-3-8-5(7)6-4/h6-12,14,16H,2-5,13H2,1H3,(H,18,19);8-9H,4-7H2,1-3H3,(H2,15,20)(H,16,17);2-3H,1H2,(H,6,7)/b10-7-;;/t14?,16-;;/m0../s1. The molecule has 3 aromatic rings. The highest BCUT2D eigenvalue weighted by atomic mass is 32.1. The van der Waals surface area contributed by atoms with Crippen LogP contribution in [0.15, 0.2) is 69.9 Å². The van der Waals surface area contributed by atoms with Gasteiger partial charge in [0.15, 0.2) is 10.9 Å². The normalized spacial score (nSPS) is 18.0. The van der Waals surface area contributed by atoms with Gasteiger partial charge < -0.3 is 25.2 Å². The maximum atomic E-state index is 12.2. The number of para-hydroxylation sites is 1. The minimum absolute atomic E-state index is 0.00748. The summed E-state index contributed by atoms with van der Waals surface area (Å²) in [6.07, 6.45) is 14.5. The molecule has 0 spiro atoms. The van der Waals surface area contributed by atoms with Crippen molar-refractivity contribution in [2.75, 3.05) is 18.4 Å². The van der Waals surface area contributed by atoms with Gasteiger partial charge in [-0.25, -0.2) is 9.78 Å². The number of unbranched alkanes of at least 4 members (excludes halogenated alkanes) is 3. The van der Waals surface area contributed by atoms with E-state index in [0.29, 0.717) is 30.3 Å². The molecule has 266 valence electrons. The highest BCUT2D eigenvalue weighted by molar-refractivity contribution is 7.13. The molecule has 1 aliphatic carbocycles. The van der Waals surface area contributed by atoms with Crippen molar-refractivity contribution >= 4 is 40.3 Å². The van der Waals surface area contributed by atoms with Crippen molar-refractivity contribution in [2.24, 2.45) is 17.6 Å². The number of allylic oxidation sites excluding steroid dienone is 2. The fraction of sp³-hybridized carbons (Fsp3) is 0.472. The van der Waals surface area contributed by atoms with Gasteiger partial charge in [-0.15, -0.1) is 11.3 Å². The number of amides is 3. The second-order valence-corrected chi connectivity index (χ2v) is 13.8. The highest BCUT2D eigenvalue weighted by Gasteiger charge is 2.41. The molecule has 13 heteroatoms. The Balaban J connectivity index is 0.000000217. The van der Waals surface area contributed by atoms with Gasteiger partial charge >= 0.3 is 5.76 Å². The summed E-state index contributed by atoms with van der Waals surface area (Å²) in [5.41, 5.74) is 9.45. The number of hydrogen-bond acceptors (Lipinski definition) is 9. The first-order valence-corrected chi connectivity index (χ1v) is 17.6. The lowest BCUT2D eigenvalue weighted by Crippen LogP contribution is -2.45. The molecule has 1 saturated carbocycles. The molecule has 49 heavy (non-hydrogen) atoms. The van der Waals surface area contributed by atoms with Crippen LogP contribution < -0.4 is 27.1 Å². The van der Waals surface area contributed by atoms with E-state index in [1.165, 1.54) is 42.9 Å². The Morgan fingerprint density at radius 3 is 2.57 bits per heavy atom. The number of aromatic nitrogens is 2. The van der Waals surface area contributed by atoms with Crippen molar-refractivity contribution in [1.29, 1.82) is 0 Å². The third kappa shape index (κ3) is 13.4. The average Bonchev–Trinajstić information content (AvgIpc) is 3.45. The van der Waals surface area contributed by atoms with Crippen LogP contribution in [0, 0.1) is 11.8 Å². The van der Waals surface area contributed by atoms with Gasteiger partial charge in [-0.2, -0.15) is 5.48 Å². The quantitative estimate of drug-likeness (QED) is 0.0986. The van der Waals surface area contributed by atoms with E-state index in [2.05, 4.69) is 71.6 Å². The summed E-state index contributed by atoms with van der Waals surface area (Å²) in [7, 11) is 0. The van der Waals surface area contributed by atoms with Gasteiger partial charge in [0, 0.05) is 23.3 Å². The monoisotopic (exact) mass is 694 g/mol. The lowest BCUT2D eigenvalue weighted by molar-refractivity contribution is -0.135. The molecule has 12 nitrogen and oxygen atoms in total. The number of anilines is 1. The molecule has 2 aliphatic rings. The lowest BCUT2D eigenvalue weighted by atomic mass is 9.93. The molecule has 3 amide bonds. The third-order valence-corrected chi connectivity index (χ3v) is 8.67. The molecule has 2 aromatic heterocycles. The zero-order chi connectivity index (χ0) is 35.8. The number of benzene rings is 1. The summed E-state index contributed by atoms with van der Waals surface area (Å²) in [6.45, 7) is 12.6. The maximum Gasteiger partial charge on any atom is 0.416 e. The molecule has 2 fully saturated rings. The van der Waals surface area contributed by atoms with E-state index in [1.807, 2.05) is 35.7 Å². The van der Waals surface area contributed by atoms with Crippen LogP contribution in [0.4, 0.5) is 5.13 Å². The summed E-state index contributed by atoms with van der Waals surface area (Å²) in [4.78, 5) is 59.2. The summed E-state index contributed by atoms with van der Waals surface area (Å²) in [6, 6.07) is 8.84. The smallest absolute Gasteiger partial charge is 0.416 e. The van der Waals surface area contributed by atoms with E-state index in [9.17, 15) is 19.2 Å². The number of likely N-dealkylation sites (tertiary alicyclic amines) is 1. The predicted octanol–water partition coefficient (Wildman–Crippen LogP) is 5.81. The van der Waals surface area contributed by atoms with Crippen LogP contribution in [0.3, 0.4) is 0 Å². The molecule has 5 rings (SSSR count). The summed E-state index contributed by atoms with van der Waals surface area (Å²) in [5, 5.41) is 5.76. The molecule has 2 unspecified atom stereocenters. The van der Waals surface area contributed by atoms with E-state index in [1.54, 1.807) is 4.90 Å². The van der Waals surface area contributed by atoms with E-state index in [0.717, 1.165) is 30.1 Å². The third-order valence-electron chi connectivity index (χ3n) is 7.87. The molecule has 1 aliphatic heterocycles. The number of thiazole rings is 1. The van der Waals surface area contributed by atoms with Gasteiger partial charge in [-0.05, 0) is 56.2 Å². The minimum atomic E-state index is -0.458. The molecule has 0 radical (unpaired) electrons. The average molecular weight is 695 g/mol. The largest absolute Gasteiger partial charge is 0.416 e. The Morgan fingerprint density at radius 2 is 1.98 bits per heavy atom. The number of hydroxylamine groups is 1. The molecule has 0 bridgehead atoms. The second-order valence-electron chi connectivity index (χ2n) is 12.9. The maximum absolute atomic E-state index is 12.2. The molecule has 3 atom stereocenters. The molecular weight excluding hydrogens is 644 g/mol. The number of oxazole rings is 1. The fourth-order valence-electron chi connectivity index (χ4n) is 4.89. The van der Waals surface area contributed by atoms with E-state index in [-0.39, 0.29) is 29.7 Å². The number of nitrogens with zero attached hydrogens (tertiary/aromatic N) is 2. The zero-order valence-corrected chi connectivity index (χ0v) is 29.7. The van der Waals surface area contributed by atoms with E-state index < -0.39 is 17.7 Å². The van der Waals surface area contributed by atoms with Crippen LogP contribution in [0.25, 0.3) is 6.08 Å². The number of rotatable bonds is 13. The van der Waals surface area contributed by atoms with Crippen LogP contribution in [-0.4, -0.2) is 51.7 Å². The number of hydrogen-bond donors (Lipinski definition) is 4. The Kier molecular flexibility index (Phi) is 15.3. The summed E-state index contributed by atoms with van der Waals surface area (Å²) in [5.74, 6) is 0.149. The molecule has 3 heterocycles. The molecular formula is C36H50N6O6S. The number of nitrogens with one attached hydrogen (secondary N) is 3. The minimum Gasteiger partial charge on any atom is -0.416 e. The first kappa shape index (κ1) is 38.8. The number of H-pyrrole nitrogens is 1. The van der Waals surface area contributed by atoms with Crippen molar-refractivity contribution in [2.45, 2.75) is 84.1 Å². The second kappa shape index (κ2) is 19.4. The Bertz CT molecular complexity index is 1570. The van der Waals surface area contributed by atoms with Crippen LogP contribution in [0.2, 0.25) is 0 Å². The van der Waals surface area contributed by atoms with Crippen molar-refractivity contribution in [3.8, 4) is 5.75 Å². The SMILES string of the molecule is C=Cc1coc(=O)[nH]1.CC(C)(C)c1csc(NCC(=O)N2CCCC2C(N)=O)n1.CCCCC/C=C\C1C[C@@H]1C(=O)NOc1ccccc1. The number of carbonyl (C=O) groups excluding carboxylic acids is 3. The first-order valence-electron chi connectivity index (χ1n) is 16.7. The zero-order valence-electron chi connectivity index (χ0n) is 28.9. The Hall–Kier alpha value is -4.65. The van der Waals surface area contributed by atoms with Gasteiger partial charge in [-0.1, -0.05) is 77.5 Å². The van der Waals surface area contributed by atoms with Gasteiger partial charge in [0.1, 0.15) is 12.3 Å². The highest BCUT2D eigenvalue weighted by Crippen LogP contribution is 2.40. The van der Waals surface area contributed by atoms with Crippen molar-refractivity contribution in [1.82, 2.24) is 20.3 Å². The topological polar surface area (TPSA) is 173 Å². The Morgan fingerprint density at radius 1 is 1.22 bits per heavy atom.